The van der Waals surface area contributed by atoms with E-state index in [1.165, 1.54) is 0 Å². The number of aliphatic hydroxyl groups excluding tert-OH is 1. The van der Waals surface area contributed by atoms with Gasteiger partial charge in [-0.15, -0.1) is 0 Å². The summed E-state index contributed by atoms with van der Waals surface area (Å²) in [5.74, 6) is 0.650. The zero-order chi connectivity index (χ0) is 11.1. The normalized spacial score (nSPS) is 22.7. The van der Waals surface area contributed by atoms with Gasteiger partial charge in [-0.3, -0.25) is 4.79 Å². The van der Waals surface area contributed by atoms with E-state index in [2.05, 4.69) is 5.32 Å². The van der Waals surface area contributed by atoms with Crippen molar-refractivity contribution in [1.29, 1.82) is 0 Å². The van der Waals surface area contributed by atoms with Crippen molar-refractivity contribution < 1.29 is 14.6 Å². The van der Waals surface area contributed by atoms with E-state index in [4.69, 9.17) is 9.84 Å². The number of amides is 1. The molecule has 1 amide bonds. The van der Waals surface area contributed by atoms with Gasteiger partial charge in [0, 0.05) is 26.2 Å². The number of hydrogen-bond acceptors (Lipinski definition) is 3. The Morgan fingerprint density at radius 3 is 3.07 bits per heavy atom. The van der Waals surface area contributed by atoms with Crippen LogP contribution in [0.25, 0.3) is 0 Å². The lowest BCUT2D eigenvalue weighted by Crippen LogP contribution is -2.26. The molecular weight excluding hydrogens is 194 g/mol. The topological polar surface area (TPSA) is 58.6 Å². The van der Waals surface area contributed by atoms with Crippen molar-refractivity contribution in [3.63, 3.8) is 0 Å². The predicted molar refractivity (Wildman–Crippen MR) is 57.5 cm³/mol. The van der Waals surface area contributed by atoms with E-state index in [9.17, 15) is 4.79 Å². The Balaban J connectivity index is 1.96. The lowest BCUT2D eigenvalue weighted by Gasteiger charge is -2.09. The molecule has 1 heterocycles. The maximum Gasteiger partial charge on any atom is 0.220 e. The van der Waals surface area contributed by atoms with Crippen molar-refractivity contribution in [3.05, 3.63) is 0 Å². The highest BCUT2D eigenvalue weighted by atomic mass is 16.5. The van der Waals surface area contributed by atoms with E-state index < -0.39 is 0 Å². The molecule has 0 aliphatic carbocycles. The van der Waals surface area contributed by atoms with E-state index in [1.54, 1.807) is 6.92 Å². The molecule has 1 fully saturated rings. The van der Waals surface area contributed by atoms with E-state index in [0.29, 0.717) is 18.8 Å². The molecule has 1 saturated heterocycles. The van der Waals surface area contributed by atoms with Gasteiger partial charge in [-0.2, -0.15) is 0 Å². The highest BCUT2D eigenvalue weighted by molar-refractivity contribution is 5.75. The van der Waals surface area contributed by atoms with Crippen molar-refractivity contribution in [2.75, 3.05) is 19.8 Å². The second-order valence-electron chi connectivity index (χ2n) is 4.26. The van der Waals surface area contributed by atoms with Crippen LogP contribution in [0.5, 0.6) is 0 Å². The molecule has 4 nitrogen and oxygen atoms in total. The minimum Gasteiger partial charge on any atom is -0.393 e. The first kappa shape index (κ1) is 12.5. The van der Waals surface area contributed by atoms with E-state index in [1.807, 2.05) is 0 Å². The second-order valence-corrected chi connectivity index (χ2v) is 4.26. The Kier molecular flexibility index (Phi) is 5.65. The maximum atomic E-state index is 11.3. The van der Waals surface area contributed by atoms with Crippen LogP contribution in [-0.2, 0) is 9.53 Å². The van der Waals surface area contributed by atoms with Crippen molar-refractivity contribution in [1.82, 2.24) is 5.32 Å². The zero-order valence-electron chi connectivity index (χ0n) is 9.37. The number of nitrogens with one attached hydrogen (secondary N) is 1. The number of ether oxygens (including phenoxy) is 1. The first-order valence-electron chi connectivity index (χ1n) is 5.71. The summed E-state index contributed by atoms with van der Waals surface area (Å²) >= 11 is 0. The molecule has 0 radical (unpaired) electrons. The molecule has 88 valence electrons. The average molecular weight is 215 g/mol. The Labute approximate surface area is 91.0 Å². The van der Waals surface area contributed by atoms with Crippen LogP contribution in [0.1, 0.15) is 32.6 Å². The van der Waals surface area contributed by atoms with Crippen LogP contribution in [0, 0.1) is 5.92 Å². The van der Waals surface area contributed by atoms with Gasteiger partial charge in [-0.1, -0.05) is 0 Å². The Morgan fingerprint density at radius 2 is 2.47 bits per heavy atom. The van der Waals surface area contributed by atoms with Crippen LogP contribution in [-0.4, -0.2) is 36.9 Å². The number of carbonyl (C=O) groups excluding carboxylic acids is 1. The fourth-order valence-corrected chi connectivity index (χ4v) is 1.66. The third-order valence-electron chi connectivity index (χ3n) is 2.69. The molecule has 2 unspecified atom stereocenters. The Morgan fingerprint density at radius 1 is 1.67 bits per heavy atom. The molecule has 1 aliphatic heterocycles. The third-order valence-corrected chi connectivity index (χ3v) is 2.69. The SMILES string of the molecule is CC(O)CCC(=O)NCCC1CCOC1. The first-order chi connectivity index (χ1) is 7.18. The molecule has 2 N–H and O–H groups in total. The summed E-state index contributed by atoms with van der Waals surface area (Å²) in [4.78, 5) is 11.3. The highest BCUT2D eigenvalue weighted by Gasteiger charge is 2.15. The summed E-state index contributed by atoms with van der Waals surface area (Å²) < 4.78 is 5.25. The highest BCUT2D eigenvalue weighted by Crippen LogP contribution is 2.15. The van der Waals surface area contributed by atoms with Crippen molar-refractivity contribution >= 4 is 5.91 Å². The summed E-state index contributed by atoms with van der Waals surface area (Å²) in [5.41, 5.74) is 0. The fraction of sp³-hybridized carbons (Fsp3) is 0.909. The summed E-state index contributed by atoms with van der Waals surface area (Å²) in [6.45, 7) is 4.13. The standard InChI is InChI=1S/C11H21NO3/c1-9(13)2-3-11(14)12-6-4-10-5-7-15-8-10/h9-10,13H,2-8H2,1H3,(H,12,14). The van der Waals surface area contributed by atoms with Gasteiger partial charge in [0.25, 0.3) is 0 Å². The van der Waals surface area contributed by atoms with Gasteiger partial charge in [0.05, 0.1) is 6.10 Å². The number of hydrogen-bond donors (Lipinski definition) is 2. The minimum atomic E-state index is -0.390. The molecule has 0 aromatic rings. The molecule has 0 saturated carbocycles. The van der Waals surface area contributed by atoms with Crippen molar-refractivity contribution in [2.45, 2.75) is 38.7 Å². The van der Waals surface area contributed by atoms with Crippen LogP contribution in [0.3, 0.4) is 0 Å². The molecule has 0 aromatic heterocycles. The predicted octanol–water partition coefficient (Wildman–Crippen LogP) is 0.690. The lowest BCUT2D eigenvalue weighted by atomic mass is 10.1. The monoisotopic (exact) mass is 215 g/mol. The number of carbonyl (C=O) groups is 1. The minimum absolute atomic E-state index is 0.0369. The summed E-state index contributed by atoms with van der Waals surface area (Å²) in [6, 6.07) is 0. The van der Waals surface area contributed by atoms with E-state index >= 15 is 0 Å². The summed E-state index contributed by atoms with van der Waals surface area (Å²) in [7, 11) is 0. The molecule has 1 rings (SSSR count). The van der Waals surface area contributed by atoms with Crippen LogP contribution < -0.4 is 5.32 Å². The molecule has 2 atom stereocenters. The van der Waals surface area contributed by atoms with Crippen molar-refractivity contribution in [3.8, 4) is 0 Å². The van der Waals surface area contributed by atoms with Gasteiger partial charge in [0.15, 0.2) is 0 Å². The van der Waals surface area contributed by atoms with Gasteiger partial charge < -0.3 is 15.2 Å². The third kappa shape index (κ3) is 5.74. The number of aliphatic hydroxyl groups is 1. The number of rotatable bonds is 6. The van der Waals surface area contributed by atoms with Gasteiger partial charge >= 0.3 is 0 Å². The fourth-order valence-electron chi connectivity index (χ4n) is 1.66. The van der Waals surface area contributed by atoms with Crippen LogP contribution in [0.15, 0.2) is 0 Å². The molecule has 0 spiro atoms. The molecule has 0 bridgehead atoms. The van der Waals surface area contributed by atoms with Gasteiger partial charge in [-0.05, 0) is 32.1 Å². The second kappa shape index (κ2) is 6.80. The van der Waals surface area contributed by atoms with Crippen LogP contribution in [0.2, 0.25) is 0 Å². The van der Waals surface area contributed by atoms with Gasteiger partial charge in [-0.25, -0.2) is 0 Å². The first-order valence-corrected chi connectivity index (χ1v) is 5.71. The molecule has 4 heteroatoms. The van der Waals surface area contributed by atoms with Crippen molar-refractivity contribution in [2.24, 2.45) is 5.92 Å². The van der Waals surface area contributed by atoms with Gasteiger partial charge in [0.2, 0.25) is 5.91 Å². The van der Waals surface area contributed by atoms with Crippen LogP contribution in [0.4, 0.5) is 0 Å². The van der Waals surface area contributed by atoms with Gasteiger partial charge in [0.1, 0.15) is 0 Å². The van der Waals surface area contributed by atoms with Crippen LogP contribution >= 0.6 is 0 Å². The molecule has 15 heavy (non-hydrogen) atoms. The molecular formula is C11H21NO3. The Bertz CT molecular complexity index is 188. The van der Waals surface area contributed by atoms with E-state index in [0.717, 1.165) is 32.6 Å². The Hall–Kier alpha value is -0.610. The zero-order valence-corrected chi connectivity index (χ0v) is 9.37. The summed E-state index contributed by atoms with van der Waals surface area (Å²) in [6.07, 6.45) is 2.68. The maximum absolute atomic E-state index is 11.3. The average Bonchev–Trinajstić information content (AvgIpc) is 2.67. The quantitative estimate of drug-likeness (QED) is 0.685. The molecule has 0 aromatic carbocycles. The lowest BCUT2D eigenvalue weighted by molar-refractivity contribution is -0.121. The largest absolute Gasteiger partial charge is 0.393 e. The molecule has 1 aliphatic rings. The smallest absolute Gasteiger partial charge is 0.220 e. The van der Waals surface area contributed by atoms with E-state index in [-0.39, 0.29) is 12.0 Å². The summed E-state index contributed by atoms with van der Waals surface area (Å²) in [5, 5.41) is 11.9.